The number of alkyl halides is 3. The zero-order chi connectivity index (χ0) is 14.5. The summed E-state index contributed by atoms with van der Waals surface area (Å²) in [4.78, 5) is 21.0. The second-order valence-electron chi connectivity index (χ2n) is 3.89. The number of nitrogens with zero attached hydrogens (tertiary/aromatic N) is 1. The molecule has 1 atom stereocenters. The van der Waals surface area contributed by atoms with E-state index in [0.717, 1.165) is 0 Å². The SMILES string of the molecule is O=C(Nc1ccccc1)C(C[N+](=O)[O-])CC(F)(F)F. The summed E-state index contributed by atoms with van der Waals surface area (Å²) in [6.07, 6.45) is -6.15. The van der Waals surface area contributed by atoms with Crippen molar-refractivity contribution in [1.29, 1.82) is 0 Å². The van der Waals surface area contributed by atoms with Gasteiger partial charge in [0, 0.05) is 10.6 Å². The van der Waals surface area contributed by atoms with Crippen LogP contribution in [0, 0.1) is 16.0 Å². The summed E-state index contributed by atoms with van der Waals surface area (Å²) in [5, 5.41) is 12.5. The van der Waals surface area contributed by atoms with Crippen molar-refractivity contribution >= 4 is 11.6 Å². The van der Waals surface area contributed by atoms with E-state index < -0.39 is 35.9 Å². The van der Waals surface area contributed by atoms with Gasteiger partial charge in [0.25, 0.3) is 0 Å². The number of carbonyl (C=O) groups excluding carboxylic acids is 1. The molecule has 0 radical (unpaired) electrons. The lowest BCUT2D eigenvalue weighted by Gasteiger charge is -2.15. The minimum atomic E-state index is -4.63. The van der Waals surface area contributed by atoms with Crippen molar-refractivity contribution < 1.29 is 22.9 Å². The number of anilines is 1. The van der Waals surface area contributed by atoms with Crippen molar-refractivity contribution in [2.75, 3.05) is 11.9 Å². The van der Waals surface area contributed by atoms with Crippen LogP contribution in [0.4, 0.5) is 18.9 Å². The summed E-state index contributed by atoms with van der Waals surface area (Å²) < 4.78 is 36.8. The number of amides is 1. The van der Waals surface area contributed by atoms with Gasteiger partial charge in [-0.1, -0.05) is 18.2 Å². The molecule has 0 aliphatic heterocycles. The quantitative estimate of drug-likeness (QED) is 0.663. The lowest BCUT2D eigenvalue weighted by molar-refractivity contribution is -0.486. The normalized spacial score (nSPS) is 12.8. The molecule has 19 heavy (non-hydrogen) atoms. The standard InChI is InChI=1S/C11H11F3N2O3/c12-11(13,14)6-8(7-16(18)19)10(17)15-9-4-2-1-3-5-9/h1-5,8H,6-7H2,(H,15,17). The number of para-hydroxylation sites is 1. The molecule has 104 valence electrons. The van der Waals surface area contributed by atoms with E-state index in [9.17, 15) is 28.1 Å². The Balaban J connectivity index is 2.74. The van der Waals surface area contributed by atoms with Crippen molar-refractivity contribution in [3.63, 3.8) is 0 Å². The third-order valence-electron chi connectivity index (χ3n) is 2.26. The van der Waals surface area contributed by atoms with E-state index in [1.165, 1.54) is 12.1 Å². The molecule has 0 aliphatic rings. The third-order valence-corrected chi connectivity index (χ3v) is 2.26. The van der Waals surface area contributed by atoms with Gasteiger partial charge in [0.1, 0.15) is 5.92 Å². The first-order chi connectivity index (χ1) is 8.78. The first-order valence-corrected chi connectivity index (χ1v) is 5.32. The number of nitrogens with one attached hydrogen (secondary N) is 1. The average Bonchev–Trinajstić information content (AvgIpc) is 2.27. The van der Waals surface area contributed by atoms with E-state index in [1.54, 1.807) is 18.2 Å². The molecule has 1 N–H and O–H groups in total. The molecular weight excluding hydrogens is 265 g/mol. The van der Waals surface area contributed by atoms with Crippen LogP contribution in [-0.4, -0.2) is 23.6 Å². The predicted molar refractivity (Wildman–Crippen MR) is 61.1 cm³/mol. The monoisotopic (exact) mass is 276 g/mol. The average molecular weight is 276 g/mol. The van der Waals surface area contributed by atoms with Crippen molar-refractivity contribution in [2.24, 2.45) is 5.92 Å². The van der Waals surface area contributed by atoms with Gasteiger partial charge in [-0.2, -0.15) is 13.2 Å². The van der Waals surface area contributed by atoms with Crippen LogP contribution in [0.2, 0.25) is 0 Å². The van der Waals surface area contributed by atoms with Crippen LogP contribution in [0.25, 0.3) is 0 Å². The van der Waals surface area contributed by atoms with E-state index in [2.05, 4.69) is 5.32 Å². The first-order valence-electron chi connectivity index (χ1n) is 5.32. The highest BCUT2D eigenvalue weighted by Gasteiger charge is 2.38. The fourth-order valence-corrected chi connectivity index (χ4v) is 1.47. The topological polar surface area (TPSA) is 72.2 Å². The van der Waals surface area contributed by atoms with E-state index in [1.807, 2.05) is 0 Å². The van der Waals surface area contributed by atoms with Gasteiger partial charge in [0.05, 0.1) is 6.42 Å². The van der Waals surface area contributed by atoms with Crippen LogP contribution in [-0.2, 0) is 4.79 Å². The summed E-state index contributed by atoms with van der Waals surface area (Å²) in [7, 11) is 0. The first kappa shape index (κ1) is 14.9. The highest BCUT2D eigenvalue weighted by atomic mass is 19.4. The Morgan fingerprint density at radius 2 is 1.89 bits per heavy atom. The lowest BCUT2D eigenvalue weighted by atomic mass is 10.0. The molecule has 0 saturated heterocycles. The Morgan fingerprint density at radius 1 is 1.32 bits per heavy atom. The van der Waals surface area contributed by atoms with E-state index in [0.29, 0.717) is 5.69 Å². The second kappa shape index (κ2) is 6.17. The van der Waals surface area contributed by atoms with Gasteiger partial charge in [0.2, 0.25) is 12.5 Å². The Morgan fingerprint density at radius 3 is 2.37 bits per heavy atom. The van der Waals surface area contributed by atoms with Gasteiger partial charge in [-0.15, -0.1) is 0 Å². The molecule has 8 heteroatoms. The van der Waals surface area contributed by atoms with Gasteiger partial charge in [-0.25, -0.2) is 0 Å². The van der Waals surface area contributed by atoms with Gasteiger partial charge >= 0.3 is 6.18 Å². The highest BCUT2D eigenvalue weighted by Crippen LogP contribution is 2.25. The van der Waals surface area contributed by atoms with E-state index in [4.69, 9.17) is 0 Å². The molecule has 0 bridgehead atoms. The maximum Gasteiger partial charge on any atom is 0.390 e. The van der Waals surface area contributed by atoms with Crippen molar-refractivity contribution in [2.45, 2.75) is 12.6 Å². The summed E-state index contributed by atoms with van der Waals surface area (Å²) in [6.45, 7) is -1.06. The number of halogens is 3. The van der Waals surface area contributed by atoms with Gasteiger partial charge < -0.3 is 5.32 Å². The number of hydrogen-bond acceptors (Lipinski definition) is 3. The van der Waals surface area contributed by atoms with E-state index >= 15 is 0 Å². The minimum Gasteiger partial charge on any atom is -0.326 e. The smallest absolute Gasteiger partial charge is 0.326 e. The molecule has 0 heterocycles. The Hall–Kier alpha value is -2.12. The summed E-state index contributed by atoms with van der Waals surface area (Å²) in [5.41, 5.74) is 0.294. The Kier molecular flexibility index (Phi) is 4.85. The Labute approximate surface area is 106 Å². The predicted octanol–water partition coefficient (Wildman–Crippen LogP) is 2.47. The van der Waals surface area contributed by atoms with Crippen LogP contribution in [0.3, 0.4) is 0 Å². The zero-order valence-electron chi connectivity index (χ0n) is 9.68. The largest absolute Gasteiger partial charge is 0.390 e. The molecule has 1 rings (SSSR count). The fourth-order valence-electron chi connectivity index (χ4n) is 1.47. The minimum absolute atomic E-state index is 0.294. The van der Waals surface area contributed by atoms with Crippen LogP contribution in [0.5, 0.6) is 0 Å². The summed E-state index contributed by atoms with van der Waals surface area (Å²) in [5.74, 6) is -2.75. The number of carbonyl (C=O) groups is 1. The van der Waals surface area contributed by atoms with Crippen LogP contribution in [0.1, 0.15) is 6.42 Å². The van der Waals surface area contributed by atoms with Crippen molar-refractivity contribution in [3.05, 3.63) is 40.4 Å². The number of rotatable bonds is 5. The molecule has 1 amide bonds. The summed E-state index contributed by atoms with van der Waals surface area (Å²) in [6, 6.07) is 7.80. The van der Waals surface area contributed by atoms with Gasteiger partial charge in [-0.05, 0) is 12.1 Å². The molecule has 1 aromatic carbocycles. The second-order valence-corrected chi connectivity index (χ2v) is 3.89. The molecule has 1 unspecified atom stereocenters. The molecular formula is C11H11F3N2O3. The highest BCUT2D eigenvalue weighted by molar-refractivity contribution is 5.92. The van der Waals surface area contributed by atoms with Crippen LogP contribution >= 0.6 is 0 Å². The zero-order valence-corrected chi connectivity index (χ0v) is 9.68. The maximum absolute atomic E-state index is 12.3. The van der Waals surface area contributed by atoms with Gasteiger partial charge in [0.15, 0.2) is 0 Å². The number of benzene rings is 1. The maximum atomic E-state index is 12.3. The lowest BCUT2D eigenvalue weighted by Crippen LogP contribution is -2.32. The molecule has 0 fully saturated rings. The van der Waals surface area contributed by atoms with Gasteiger partial charge in [-0.3, -0.25) is 14.9 Å². The third kappa shape index (κ3) is 5.84. The fraction of sp³-hybridized carbons (Fsp3) is 0.364. The van der Waals surface area contributed by atoms with Crippen LogP contribution in [0.15, 0.2) is 30.3 Å². The van der Waals surface area contributed by atoms with Crippen molar-refractivity contribution in [3.8, 4) is 0 Å². The molecule has 0 spiro atoms. The molecule has 0 aromatic heterocycles. The van der Waals surface area contributed by atoms with E-state index in [-0.39, 0.29) is 0 Å². The summed E-state index contributed by atoms with van der Waals surface area (Å²) >= 11 is 0. The number of nitro groups is 1. The molecule has 0 aliphatic carbocycles. The molecule has 5 nitrogen and oxygen atoms in total. The molecule has 0 saturated carbocycles. The van der Waals surface area contributed by atoms with Crippen molar-refractivity contribution in [1.82, 2.24) is 0 Å². The molecule has 1 aromatic rings. The Bertz CT molecular complexity index is 448. The van der Waals surface area contributed by atoms with Crippen LogP contribution < -0.4 is 5.32 Å². The number of hydrogen-bond donors (Lipinski definition) is 1.